The first kappa shape index (κ1) is 18.6. The monoisotopic (exact) mass is 315 g/mol. The molecule has 0 saturated heterocycles. The summed E-state index contributed by atoms with van der Waals surface area (Å²) in [6, 6.07) is 3.52. The maximum absolute atomic E-state index is 12.7. The first-order valence-electron chi connectivity index (χ1n) is 5.98. The summed E-state index contributed by atoms with van der Waals surface area (Å²) in [4.78, 5) is 0. The highest BCUT2D eigenvalue weighted by Gasteiger charge is 2.33. The molecule has 0 aliphatic rings. The fourth-order valence-corrected chi connectivity index (χ4v) is 2.00. The van der Waals surface area contributed by atoms with E-state index >= 15 is 0 Å². The fraction of sp³-hybridized carbons (Fsp3) is 0.538. The number of halogens is 5. The largest absolute Gasteiger partial charge is 0.417 e. The highest BCUT2D eigenvalue weighted by molar-refractivity contribution is 6.31. The van der Waals surface area contributed by atoms with E-state index in [4.69, 9.17) is 17.3 Å². The third-order valence-electron chi connectivity index (χ3n) is 2.84. The van der Waals surface area contributed by atoms with Crippen molar-refractivity contribution >= 4 is 24.0 Å². The van der Waals surface area contributed by atoms with Gasteiger partial charge in [-0.05, 0) is 24.1 Å². The van der Waals surface area contributed by atoms with E-state index < -0.39 is 11.7 Å². The average Bonchev–Trinajstić information content (AvgIpc) is 2.28. The molecule has 0 bridgehead atoms. The Balaban J connectivity index is 0.00000324. The molecule has 19 heavy (non-hydrogen) atoms. The highest BCUT2D eigenvalue weighted by atomic mass is 35.5. The zero-order valence-electron chi connectivity index (χ0n) is 10.6. The van der Waals surface area contributed by atoms with E-state index in [0.717, 1.165) is 25.3 Å². The summed E-state index contributed by atoms with van der Waals surface area (Å²) in [5, 5.41) is -0.285. The second kappa shape index (κ2) is 7.98. The number of alkyl halides is 3. The Hall–Kier alpha value is -0.450. The molecule has 0 radical (unpaired) electrons. The Morgan fingerprint density at radius 1 is 1.26 bits per heavy atom. The minimum Gasteiger partial charge on any atom is -0.324 e. The van der Waals surface area contributed by atoms with Crippen LogP contribution in [-0.4, -0.2) is 0 Å². The van der Waals surface area contributed by atoms with Crippen LogP contribution in [0.4, 0.5) is 13.2 Å². The van der Waals surface area contributed by atoms with Crippen molar-refractivity contribution in [1.29, 1.82) is 0 Å². The van der Waals surface area contributed by atoms with E-state index in [9.17, 15) is 13.2 Å². The quantitative estimate of drug-likeness (QED) is 0.727. The van der Waals surface area contributed by atoms with Crippen molar-refractivity contribution in [2.75, 3.05) is 0 Å². The van der Waals surface area contributed by atoms with E-state index in [1.807, 2.05) is 0 Å². The van der Waals surface area contributed by atoms with Crippen LogP contribution in [0.25, 0.3) is 0 Å². The zero-order valence-corrected chi connectivity index (χ0v) is 12.2. The summed E-state index contributed by atoms with van der Waals surface area (Å²) in [6.45, 7) is 2.07. The van der Waals surface area contributed by atoms with Crippen LogP contribution in [0.2, 0.25) is 5.02 Å². The summed E-state index contributed by atoms with van der Waals surface area (Å²) in [5.41, 5.74) is 5.56. The normalized spacial score (nSPS) is 12.9. The number of hydrogen-bond acceptors (Lipinski definition) is 1. The fourth-order valence-electron chi connectivity index (χ4n) is 1.77. The number of nitrogens with two attached hydrogens (primary N) is 1. The Morgan fingerprint density at radius 2 is 1.89 bits per heavy atom. The molecule has 0 aliphatic carbocycles. The Labute approximate surface area is 122 Å². The van der Waals surface area contributed by atoms with Crippen molar-refractivity contribution in [3.8, 4) is 0 Å². The van der Waals surface area contributed by atoms with E-state index in [2.05, 4.69) is 6.92 Å². The summed E-state index contributed by atoms with van der Waals surface area (Å²) >= 11 is 5.55. The van der Waals surface area contributed by atoms with Crippen LogP contribution in [0, 0.1) is 0 Å². The van der Waals surface area contributed by atoms with Crippen molar-refractivity contribution in [3.05, 3.63) is 34.3 Å². The minimum absolute atomic E-state index is 0. The molecular formula is C13H18Cl2F3N. The number of benzene rings is 1. The summed E-state index contributed by atoms with van der Waals surface area (Å²) in [5.74, 6) is 0. The van der Waals surface area contributed by atoms with Crippen molar-refractivity contribution < 1.29 is 13.2 Å². The molecule has 0 heterocycles. The molecule has 1 atom stereocenters. The van der Waals surface area contributed by atoms with Gasteiger partial charge in [0, 0.05) is 6.04 Å². The Kier molecular flexibility index (Phi) is 7.79. The minimum atomic E-state index is -4.43. The highest BCUT2D eigenvalue weighted by Crippen LogP contribution is 2.36. The van der Waals surface area contributed by atoms with Gasteiger partial charge in [-0.1, -0.05) is 43.9 Å². The second-order valence-electron chi connectivity index (χ2n) is 4.34. The van der Waals surface area contributed by atoms with E-state index in [0.29, 0.717) is 12.0 Å². The summed E-state index contributed by atoms with van der Waals surface area (Å²) in [6.07, 6.45) is -0.737. The molecule has 1 nitrogen and oxygen atoms in total. The molecular weight excluding hydrogens is 298 g/mol. The van der Waals surface area contributed by atoms with Gasteiger partial charge in [0.25, 0.3) is 0 Å². The van der Waals surface area contributed by atoms with Gasteiger partial charge in [0.1, 0.15) is 0 Å². The van der Waals surface area contributed by atoms with Gasteiger partial charge in [-0.25, -0.2) is 0 Å². The lowest BCUT2D eigenvalue weighted by molar-refractivity contribution is -0.137. The Morgan fingerprint density at radius 3 is 2.42 bits per heavy atom. The van der Waals surface area contributed by atoms with Crippen molar-refractivity contribution in [2.24, 2.45) is 5.73 Å². The average molecular weight is 316 g/mol. The van der Waals surface area contributed by atoms with E-state index in [-0.39, 0.29) is 23.5 Å². The predicted octanol–water partition coefficient (Wildman–Crippen LogP) is 5.36. The molecule has 1 aromatic carbocycles. The first-order chi connectivity index (χ1) is 8.36. The molecule has 1 rings (SSSR count). The number of hydrogen-bond donors (Lipinski definition) is 1. The molecule has 0 aromatic heterocycles. The number of rotatable bonds is 5. The van der Waals surface area contributed by atoms with Gasteiger partial charge >= 0.3 is 6.18 Å². The van der Waals surface area contributed by atoms with Crippen molar-refractivity contribution in [1.82, 2.24) is 0 Å². The van der Waals surface area contributed by atoms with Crippen LogP contribution in [0.15, 0.2) is 18.2 Å². The number of unbranched alkanes of at least 4 members (excludes halogenated alkanes) is 2. The third-order valence-corrected chi connectivity index (χ3v) is 3.17. The SMILES string of the molecule is CCCCC[C@@H](N)c1ccc(Cl)c(C(F)(F)F)c1.Cl. The van der Waals surface area contributed by atoms with Gasteiger partial charge < -0.3 is 5.73 Å². The standard InChI is InChI=1S/C13H17ClF3N.ClH/c1-2-3-4-5-12(18)9-6-7-11(14)10(8-9)13(15,16)17;/h6-8,12H,2-5,18H2,1H3;1H/t12-;/m1./s1. The molecule has 1 aromatic rings. The topological polar surface area (TPSA) is 26.0 Å². The van der Waals surface area contributed by atoms with E-state index in [1.165, 1.54) is 6.07 Å². The molecule has 0 saturated carbocycles. The molecule has 6 heteroatoms. The first-order valence-corrected chi connectivity index (χ1v) is 6.36. The molecule has 110 valence electrons. The maximum Gasteiger partial charge on any atom is 0.417 e. The van der Waals surface area contributed by atoms with Crippen LogP contribution in [0.1, 0.15) is 49.8 Å². The lowest BCUT2D eigenvalue weighted by atomic mass is 9.99. The molecule has 0 aliphatic heterocycles. The lowest BCUT2D eigenvalue weighted by Gasteiger charge is -2.15. The van der Waals surface area contributed by atoms with Gasteiger partial charge in [-0.3, -0.25) is 0 Å². The summed E-state index contributed by atoms with van der Waals surface area (Å²) < 4.78 is 38.0. The molecule has 0 spiro atoms. The third kappa shape index (κ3) is 5.59. The van der Waals surface area contributed by atoms with Gasteiger partial charge in [-0.2, -0.15) is 13.2 Å². The molecule has 0 amide bonds. The maximum atomic E-state index is 12.7. The second-order valence-corrected chi connectivity index (χ2v) is 4.75. The molecule has 2 N–H and O–H groups in total. The predicted molar refractivity (Wildman–Crippen MR) is 74.8 cm³/mol. The van der Waals surface area contributed by atoms with Crippen LogP contribution in [0.3, 0.4) is 0 Å². The molecule has 0 fully saturated rings. The molecule has 0 unspecified atom stereocenters. The van der Waals surface area contributed by atoms with Crippen LogP contribution in [0.5, 0.6) is 0 Å². The van der Waals surface area contributed by atoms with Gasteiger partial charge in [0.2, 0.25) is 0 Å². The Bertz CT molecular complexity index is 394. The van der Waals surface area contributed by atoms with Crippen LogP contribution < -0.4 is 5.73 Å². The van der Waals surface area contributed by atoms with Crippen molar-refractivity contribution in [3.63, 3.8) is 0 Å². The van der Waals surface area contributed by atoms with Crippen LogP contribution in [-0.2, 0) is 6.18 Å². The van der Waals surface area contributed by atoms with E-state index in [1.54, 1.807) is 6.07 Å². The zero-order chi connectivity index (χ0) is 13.8. The van der Waals surface area contributed by atoms with Gasteiger partial charge in [0.15, 0.2) is 0 Å². The van der Waals surface area contributed by atoms with Crippen molar-refractivity contribution in [2.45, 2.75) is 44.8 Å². The van der Waals surface area contributed by atoms with Gasteiger partial charge in [-0.15, -0.1) is 12.4 Å². The smallest absolute Gasteiger partial charge is 0.324 e. The van der Waals surface area contributed by atoms with Crippen LogP contribution >= 0.6 is 24.0 Å². The lowest BCUT2D eigenvalue weighted by Crippen LogP contribution is -2.13. The van der Waals surface area contributed by atoms with Gasteiger partial charge in [0.05, 0.1) is 10.6 Å². The summed E-state index contributed by atoms with van der Waals surface area (Å²) in [7, 11) is 0.